The molecule has 6 nitrogen and oxygen atoms in total. The van der Waals surface area contributed by atoms with E-state index in [4.69, 9.17) is 16.0 Å². The molecule has 1 aliphatic rings. The first-order valence-corrected chi connectivity index (χ1v) is 12.6. The molecule has 37 heavy (non-hydrogen) atoms. The summed E-state index contributed by atoms with van der Waals surface area (Å²) in [6.07, 6.45) is 0. The number of rotatable bonds is 4. The normalized spacial score (nSPS) is 13.8. The largest absolute Gasteiger partial charge is 0.451 e. The maximum atomic E-state index is 13.0. The fourth-order valence-corrected chi connectivity index (χ4v) is 5.07. The van der Waals surface area contributed by atoms with Crippen LogP contribution >= 0.6 is 11.6 Å². The molecule has 2 amide bonds. The second kappa shape index (κ2) is 9.64. The summed E-state index contributed by atoms with van der Waals surface area (Å²) in [6.45, 7) is 2.65. The minimum Gasteiger partial charge on any atom is -0.451 e. The van der Waals surface area contributed by atoms with Crippen LogP contribution in [0.2, 0.25) is 5.02 Å². The molecule has 5 aromatic rings. The number of anilines is 2. The van der Waals surface area contributed by atoms with Crippen LogP contribution in [0.15, 0.2) is 95.4 Å². The minimum atomic E-state index is -0.182. The van der Waals surface area contributed by atoms with Crippen molar-refractivity contribution < 1.29 is 14.0 Å². The van der Waals surface area contributed by atoms with E-state index in [-0.39, 0.29) is 11.8 Å². The van der Waals surface area contributed by atoms with Crippen LogP contribution in [0.1, 0.15) is 20.9 Å². The van der Waals surface area contributed by atoms with Crippen LogP contribution in [0.25, 0.3) is 21.7 Å². The molecule has 0 aliphatic carbocycles. The molecule has 1 aromatic heterocycles. The molecule has 1 aliphatic heterocycles. The number of hydrogen-bond acceptors (Lipinski definition) is 4. The van der Waals surface area contributed by atoms with Gasteiger partial charge in [0.05, 0.1) is 0 Å². The van der Waals surface area contributed by atoms with E-state index in [2.05, 4.69) is 10.2 Å². The molecular formula is C30H24ClN3O3. The SMILES string of the molecule is O=C(Nc1ccc(N2CCN(C(=O)c3cc4ccccc4o3)CC2)cc1)c1cccc2c(Cl)cccc12. The summed E-state index contributed by atoms with van der Waals surface area (Å²) in [5, 5.41) is 6.21. The molecule has 0 saturated carbocycles. The van der Waals surface area contributed by atoms with E-state index in [1.54, 1.807) is 6.07 Å². The van der Waals surface area contributed by atoms with Crippen LogP contribution in [-0.4, -0.2) is 42.9 Å². The number of fused-ring (bicyclic) bond motifs is 2. The van der Waals surface area contributed by atoms with Crippen LogP contribution in [0.5, 0.6) is 0 Å². The van der Waals surface area contributed by atoms with E-state index in [1.807, 2.05) is 89.8 Å². The third-order valence-electron chi connectivity index (χ3n) is 6.81. The lowest BCUT2D eigenvalue weighted by atomic mass is 10.0. The topological polar surface area (TPSA) is 65.8 Å². The summed E-state index contributed by atoms with van der Waals surface area (Å²) in [4.78, 5) is 30.0. The molecule has 1 saturated heterocycles. The molecule has 184 valence electrons. The number of hydrogen-bond donors (Lipinski definition) is 1. The van der Waals surface area contributed by atoms with Gasteiger partial charge >= 0.3 is 0 Å². The molecule has 1 N–H and O–H groups in total. The number of amides is 2. The predicted molar refractivity (Wildman–Crippen MR) is 148 cm³/mol. The summed E-state index contributed by atoms with van der Waals surface area (Å²) in [5.74, 6) is 0.116. The quantitative estimate of drug-likeness (QED) is 0.302. The van der Waals surface area contributed by atoms with Gasteiger partial charge < -0.3 is 19.5 Å². The average Bonchev–Trinajstić information content (AvgIpc) is 3.38. The van der Waals surface area contributed by atoms with E-state index < -0.39 is 0 Å². The fraction of sp³-hybridized carbons (Fsp3) is 0.133. The van der Waals surface area contributed by atoms with Crippen molar-refractivity contribution >= 4 is 56.5 Å². The highest BCUT2D eigenvalue weighted by atomic mass is 35.5. The van der Waals surface area contributed by atoms with Crippen molar-refractivity contribution in [1.82, 2.24) is 4.90 Å². The van der Waals surface area contributed by atoms with Crippen LogP contribution in [0.3, 0.4) is 0 Å². The number of nitrogens with zero attached hydrogens (tertiary/aromatic N) is 2. The minimum absolute atomic E-state index is 0.0800. The Kier molecular flexibility index (Phi) is 6.02. The monoisotopic (exact) mass is 509 g/mol. The highest BCUT2D eigenvalue weighted by Gasteiger charge is 2.25. The lowest BCUT2D eigenvalue weighted by Crippen LogP contribution is -2.48. The molecular weight excluding hydrogens is 486 g/mol. The van der Waals surface area contributed by atoms with E-state index in [9.17, 15) is 9.59 Å². The number of halogens is 1. The first kappa shape index (κ1) is 23.1. The van der Waals surface area contributed by atoms with Crippen molar-refractivity contribution in [2.24, 2.45) is 0 Å². The van der Waals surface area contributed by atoms with Gasteiger partial charge in [0.15, 0.2) is 5.76 Å². The van der Waals surface area contributed by atoms with Gasteiger partial charge in [0.2, 0.25) is 0 Å². The Labute approximate surface area is 219 Å². The lowest BCUT2D eigenvalue weighted by molar-refractivity contribution is 0.0717. The van der Waals surface area contributed by atoms with E-state index >= 15 is 0 Å². The summed E-state index contributed by atoms with van der Waals surface area (Å²) in [5.41, 5.74) is 3.06. The Hall–Kier alpha value is -4.29. The Morgan fingerprint density at radius 3 is 2.30 bits per heavy atom. The van der Waals surface area contributed by atoms with Crippen molar-refractivity contribution in [3.05, 3.63) is 107 Å². The molecule has 0 unspecified atom stereocenters. The smallest absolute Gasteiger partial charge is 0.289 e. The van der Waals surface area contributed by atoms with Crippen LogP contribution in [0, 0.1) is 0 Å². The van der Waals surface area contributed by atoms with Crippen molar-refractivity contribution in [3.8, 4) is 0 Å². The molecule has 2 heterocycles. The van der Waals surface area contributed by atoms with E-state index in [1.165, 1.54) is 0 Å². The Morgan fingerprint density at radius 2 is 1.51 bits per heavy atom. The molecule has 4 aromatic carbocycles. The molecule has 0 spiro atoms. The van der Waals surface area contributed by atoms with E-state index in [0.29, 0.717) is 48.2 Å². The van der Waals surface area contributed by atoms with Gasteiger partial charge in [0.1, 0.15) is 5.58 Å². The van der Waals surface area contributed by atoms with Gasteiger partial charge in [-0.15, -0.1) is 0 Å². The van der Waals surface area contributed by atoms with Gasteiger partial charge in [-0.1, -0.05) is 54.1 Å². The van der Waals surface area contributed by atoms with Crippen LogP contribution in [-0.2, 0) is 0 Å². The van der Waals surface area contributed by atoms with Crippen LogP contribution in [0.4, 0.5) is 11.4 Å². The van der Waals surface area contributed by atoms with Crippen molar-refractivity contribution in [3.63, 3.8) is 0 Å². The summed E-state index contributed by atoms with van der Waals surface area (Å²) in [7, 11) is 0. The zero-order valence-corrected chi connectivity index (χ0v) is 20.7. The second-order valence-corrected chi connectivity index (χ2v) is 9.48. The van der Waals surface area contributed by atoms with Crippen LogP contribution < -0.4 is 10.2 Å². The third kappa shape index (κ3) is 4.52. The third-order valence-corrected chi connectivity index (χ3v) is 7.14. The number of para-hydroxylation sites is 1. The number of benzene rings is 4. The number of nitrogens with one attached hydrogen (secondary N) is 1. The Balaban J connectivity index is 1.09. The molecule has 0 atom stereocenters. The number of furan rings is 1. The number of carbonyl (C=O) groups is 2. The second-order valence-electron chi connectivity index (χ2n) is 9.07. The number of piperazine rings is 1. The maximum absolute atomic E-state index is 13.0. The van der Waals surface area contributed by atoms with Crippen molar-refractivity contribution in [1.29, 1.82) is 0 Å². The lowest BCUT2D eigenvalue weighted by Gasteiger charge is -2.35. The summed E-state index contributed by atoms with van der Waals surface area (Å²) >= 11 is 6.30. The van der Waals surface area contributed by atoms with Gasteiger partial charge in [-0.25, -0.2) is 0 Å². The molecule has 1 fully saturated rings. The standard InChI is InChI=1S/C30H24ClN3O3/c31-26-9-4-6-23-24(26)7-3-8-25(23)29(35)32-21-11-13-22(14-12-21)33-15-17-34(18-16-33)30(36)28-19-20-5-1-2-10-27(20)37-28/h1-14,19H,15-18H2,(H,32,35). The molecule has 0 bridgehead atoms. The van der Waals surface area contributed by atoms with Gasteiger partial charge in [-0.3, -0.25) is 9.59 Å². The molecule has 0 radical (unpaired) electrons. The van der Waals surface area contributed by atoms with Crippen molar-refractivity contribution in [2.45, 2.75) is 0 Å². The first-order valence-electron chi connectivity index (χ1n) is 12.2. The zero-order chi connectivity index (χ0) is 25.4. The average molecular weight is 510 g/mol. The maximum Gasteiger partial charge on any atom is 0.289 e. The van der Waals surface area contributed by atoms with Gasteiger partial charge in [0.25, 0.3) is 11.8 Å². The summed E-state index contributed by atoms with van der Waals surface area (Å²) in [6, 6.07) is 28.3. The Morgan fingerprint density at radius 1 is 0.784 bits per heavy atom. The number of carbonyl (C=O) groups excluding carboxylic acids is 2. The molecule has 7 heteroatoms. The Bertz CT molecular complexity index is 1590. The van der Waals surface area contributed by atoms with Gasteiger partial charge in [-0.05, 0) is 53.9 Å². The van der Waals surface area contributed by atoms with Gasteiger partial charge in [0, 0.05) is 58.9 Å². The zero-order valence-electron chi connectivity index (χ0n) is 20.0. The summed E-state index contributed by atoms with van der Waals surface area (Å²) < 4.78 is 5.75. The first-order chi connectivity index (χ1) is 18.1. The van der Waals surface area contributed by atoms with Gasteiger partial charge in [-0.2, -0.15) is 0 Å². The highest BCUT2D eigenvalue weighted by molar-refractivity contribution is 6.36. The fourth-order valence-electron chi connectivity index (χ4n) is 4.83. The van der Waals surface area contributed by atoms with E-state index in [0.717, 1.165) is 27.4 Å². The predicted octanol–water partition coefficient (Wildman–Crippen LogP) is 6.45. The molecule has 6 rings (SSSR count). The van der Waals surface area contributed by atoms with Crippen molar-refractivity contribution in [2.75, 3.05) is 36.4 Å². The highest BCUT2D eigenvalue weighted by Crippen LogP contribution is 2.27.